The maximum Gasteiger partial charge on any atom is 0.305 e. The van der Waals surface area contributed by atoms with Gasteiger partial charge in [0.05, 0.1) is 6.61 Å². The standard InChI is InChI=1S/C17H32N2O2/c1-2-21-16(20)8-4-3-5-12-19-13-7-10-17(15-19)9-6-11-18-14-17/h18H,2-15H2,1H3. The summed E-state index contributed by atoms with van der Waals surface area (Å²) in [5, 5.41) is 3.59. The van der Waals surface area contributed by atoms with Gasteiger partial charge in [-0.05, 0) is 70.5 Å². The van der Waals surface area contributed by atoms with E-state index in [-0.39, 0.29) is 5.97 Å². The van der Waals surface area contributed by atoms with E-state index in [1.165, 1.54) is 64.8 Å². The first-order chi connectivity index (χ1) is 10.2. The second-order valence-corrected chi connectivity index (χ2v) is 6.78. The van der Waals surface area contributed by atoms with Crippen LogP contribution in [0.5, 0.6) is 0 Å². The average Bonchev–Trinajstić information content (AvgIpc) is 2.48. The molecule has 122 valence electrons. The molecule has 1 atom stereocenters. The fourth-order valence-electron chi connectivity index (χ4n) is 3.89. The SMILES string of the molecule is CCOC(=O)CCCCCN1CCCC2(CCCNC2)C1. The van der Waals surface area contributed by atoms with Crippen molar-refractivity contribution in [1.82, 2.24) is 10.2 Å². The highest BCUT2D eigenvalue weighted by atomic mass is 16.5. The van der Waals surface area contributed by atoms with Gasteiger partial charge in [-0.15, -0.1) is 0 Å². The van der Waals surface area contributed by atoms with Crippen LogP contribution in [0.2, 0.25) is 0 Å². The van der Waals surface area contributed by atoms with Gasteiger partial charge in [0.15, 0.2) is 0 Å². The zero-order valence-electron chi connectivity index (χ0n) is 13.7. The minimum Gasteiger partial charge on any atom is -0.466 e. The molecule has 2 aliphatic rings. The van der Waals surface area contributed by atoms with Crippen LogP contribution in [0.1, 0.15) is 58.3 Å². The van der Waals surface area contributed by atoms with Crippen molar-refractivity contribution in [3.8, 4) is 0 Å². The predicted molar refractivity (Wildman–Crippen MR) is 85.3 cm³/mol. The molecular formula is C17H32N2O2. The van der Waals surface area contributed by atoms with Crippen molar-refractivity contribution in [2.24, 2.45) is 5.41 Å². The van der Waals surface area contributed by atoms with Gasteiger partial charge in [-0.3, -0.25) is 4.79 Å². The number of rotatable bonds is 7. The Labute approximate surface area is 129 Å². The number of carbonyl (C=O) groups is 1. The molecule has 1 unspecified atom stereocenters. The zero-order valence-corrected chi connectivity index (χ0v) is 13.7. The molecule has 2 heterocycles. The summed E-state index contributed by atoms with van der Waals surface area (Å²) < 4.78 is 4.96. The largest absolute Gasteiger partial charge is 0.466 e. The van der Waals surface area contributed by atoms with Crippen molar-refractivity contribution < 1.29 is 9.53 Å². The van der Waals surface area contributed by atoms with Crippen molar-refractivity contribution in [3.05, 3.63) is 0 Å². The molecule has 0 aromatic carbocycles. The van der Waals surface area contributed by atoms with Gasteiger partial charge in [-0.2, -0.15) is 0 Å². The van der Waals surface area contributed by atoms with E-state index in [0.29, 0.717) is 18.4 Å². The van der Waals surface area contributed by atoms with Crippen LogP contribution in [0.15, 0.2) is 0 Å². The molecule has 0 saturated carbocycles. The van der Waals surface area contributed by atoms with Crippen LogP contribution in [0.3, 0.4) is 0 Å². The normalized spacial score (nSPS) is 26.9. The number of nitrogens with one attached hydrogen (secondary N) is 1. The molecule has 0 aromatic heterocycles. The minimum atomic E-state index is -0.0392. The second-order valence-electron chi connectivity index (χ2n) is 6.78. The van der Waals surface area contributed by atoms with E-state index in [4.69, 9.17) is 4.74 Å². The molecule has 0 radical (unpaired) electrons. The van der Waals surface area contributed by atoms with Crippen LogP contribution in [0.4, 0.5) is 0 Å². The molecule has 2 aliphatic heterocycles. The Bertz CT molecular complexity index is 308. The lowest BCUT2D eigenvalue weighted by atomic mass is 9.74. The Morgan fingerprint density at radius 3 is 2.86 bits per heavy atom. The number of nitrogens with zero attached hydrogens (tertiary/aromatic N) is 1. The van der Waals surface area contributed by atoms with Crippen LogP contribution in [0, 0.1) is 5.41 Å². The molecule has 1 spiro atoms. The number of esters is 1. The lowest BCUT2D eigenvalue weighted by molar-refractivity contribution is -0.143. The van der Waals surface area contributed by atoms with Crippen molar-refractivity contribution in [1.29, 1.82) is 0 Å². The Hall–Kier alpha value is -0.610. The summed E-state index contributed by atoms with van der Waals surface area (Å²) in [7, 11) is 0. The zero-order chi connectivity index (χ0) is 15.0. The molecule has 2 rings (SSSR count). The van der Waals surface area contributed by atoms with Crippen LogP contribution in [0.25, 0.3) is 0 Å². The summed E-state index contributed by atoms with van der Waals surface area (Å²) in [6, 6.07) is 0. The van der Waals surface area contributed by atoms with Gasteiger partial charge in [-0.1, -0.05) is 6.42 Å². The Morgan fingerprint density at radius 2 is 2.10 bits per heavy atom. The Kier molecular flexibility index (Phi) is 6.97. The van der Waals surface area contributed by atoms with E-state index in [1.54, 1.807) is 0 Å². The highest BCUT2D eigenvalue weighted by Gasteiger charge is 2.36. The van der Waals surface area contributed by atoms with Crippen LogP contribution in [-0.4, -0.2) is 50.2 Å². The third kappa shape index (κ3) is 5.59. The van der Waals surface area contributed by atoms with Gasteiger partial charge in [0.2, 0.25) is 0 Å². The summed E-state index contributed by atoms with van der Waals surface area (Å²) in [5.41, 5.74) is 0.557. The quantitative estimate of drug-likeness (QED) is 0.579. The van der Waals surface area contributed by atoms with E-state index >= 15 is 0 Å². The minimum absolute atomic E-state index is 0.0392. The summed E-state index contributed by atoms with van der Waals surface area (Å²) in [6.45, 7) is 8.52. The van der Waals surface area contributed by atoms with Gasteiger partial charge in [-0.25, -0.2) is 0 Å². The van der Waals surface area contributed by atoms with Crippen molar-refractivity contribution >= 4 is 5.97 Å². The number of ether oxygens (including phenoxy) is 1. The predicted octanol–water partition coefficient (Wildman–Crippen LogP) is 2.58. The number of hydrogen-bond donors (Lipinski definition) is 1. The molecule has 4 heteroatoms. The molecule has 0 bridgehead atoms. The number of likely N-dealkylation sites (tertiary alicyclic amines) is 1. The third-order valence-electron chi connectivity index (χ3n) is 4.96. The Morgan fingerprint density at radius 1 is 1.24 bits per heavy atom. The summed E-state index contributed by atoms with van der Waals surface area (Å²) >= 11 is 0. The molecule has 4 nitrogen and oxygen atoms in total. The fourth-order valence-corrected chi connectivity index (χ4v) is 3.89. The first-order valence-corrected chi connectivity index (χ1v) is 8.83. The van der Waals surface area contributed by atoms with E-state index in [9.17, 15) is 4.79 Å². The molecular weight excluding hydrogens is 264 g/mol. The summed E-state index contributed by atoms with van der Waals surface area (Å²) in [5.74, 6) is -0.0392. The fraction of sp³-hybridized carbons (Fsp3) is 0.941. The lowest BCUT2D eigenvalue weighted by Gasteiger charge is -2.45. The first kappa shape index (κ1) is 16.8. The number of hydrogen-bond acceptors (Lipinski definition) is 4. The molecule has 0 aliphatic carbocycles. The van der Waals surface area contributed by atoms with E-state index < -0.39 is 0 Å². The van der Waals surface area contributed by atoms with Gasteiger partial charge in [0, 0.05) is 19.5 Å². The number of unbranched alkanes of at least 4 members (excludes halogenated alkanes) is 2. The van der Waals surface area contributed by atoms with E-state index in [0.717, 1.165) is 12.8 Å². The smallest absolute Gasteiger partial charge is 0.305 e. The molecule has 2 fully saturated rings. The maximum atomic E-state index is 11.3. The van der Waals surface area contributed by atoms with Gasteiger partial charge in [0.25, 0.3) is 0 Å². The monoisotopic (exact) mass is 296 g/mol. The van der Waals surface area contributed by atoms with Gasteiger partial charge >= 0.3 is 5.97 Å². The van der Waals surface area contributed by atoms with Crippen molar-refractivity contribution in [2.45, 2.75) is 58.3 Å². The van der Waals surface area contributed by atoms with E-state index in [2.05, 4.69) is 10.2 Å². The molecule has 0 aromatic rings. The number of carbonyl (C=O) groups excluding carboxylic acids is 1. The highest BCUT2D eigenvalue weighted by molar-refractivity contribution is 5.69. The first-order valence-electron chi connectivity index (χ1n) is 8.83. The average molecular weight is 296 g/mol. The van der Waals surface area contributed by atoms with Crippen LogP contribution >= 0.6 is 0 Å². The second kappa shape index (κ2) is 8.74. The summed E-state index contributed by atoms with van der Waals surface area (Å²) in [4.78, 5) is 13.9. The molecule has 0 amide bonds. The summed E-state index contributed by atoms with van der Waals surface area (Å²) in [6.07, 6.45) is 9.40. The lowest BCUT2D eigenvalue weighted by Crippen LogP contribution is -2.51. The maximum absolute atomic E-state index is 11.3. The van der Waals surface area contributed by atoms with Gasteiger partial charge in [0.1, 0.15) is 0 Å². The molecule has 21 heavy (non-hydrogen) atoms. The van der Waals surface area contributed by atoms with Crippen molar-refractivity contribution in [3.63, 3.8) is 0 Å². The third-order valence-corrected chi connectivity index (χ3v) is 4.96. The Balaban J connectivity index is 1.59. The van der Waals surface area contributed by atoms with Crippen molar-refractivity contribution in [2.75, 3.05) is 39.3 Å². The van der Waals surface area contributed by atoms with Crippen LogP contribution < -0.4 is 5.32 Å². The topological polar surface area (TPSA) is 41.6 Å². The number of piperidine rings is 2. The van der Waals surface area contributed by atoms with Crippen LogP contribution in [-0.2, 0) is 9.53 Å². The molecule has 2 saturated heterocycles. The highest BCUT2D eigenvalue weighted by Crippen LogP contribution is 2.35. The molecule has 1 N–H and O–H groups in total. The van der Waals surface area contributed by atoms with Gasteiger partial charge < -0.3 is 15.0 Å². The van der Waals surface area contributed by atoms with E-state index in [1.807, 2.05) is 6.92 Å².